The minimum atomic E-state index is -2.85. The van der Waals surface area contributed by atoms with Crippen LogP contribution in [0.5, 0.6) is 0 Å². The Balaban J connectivity index is 1.60. The van der Waals surface area contributed by atoms with Crippen molar-refractivity contribution in [3.05, 3.63) is 10.7 Å². The van der Waals surface area contributed by atoms with E-state index in [2.05, 4.69) is 12.0 Å². The van der Waals surface area contributed by atoms with Crippen LogP contribution in [0.4, 0.5) is 0 Å². The predicted molar refractivity (Wildman–Crippen MR) is 84.9 cm³/mol. The van der Waals surface area contributed by atoms with E-state index in [0.717, 1.165) is 25.7 Å². The normalized spacial score (nSPS) is 31.4. The summed E-state index contributed by atoms with van der Waals surface area (Å²) in [4.78, 5) is 1.89. The van der Waals surface area contributed by atoms with Crippen molar-refractivity contribution in [1.82, 2.24) is 9.78 Å². The Morgan fingerprint density at radius 3 is 2.73 bits per heavy atom. The third kappa shape index (κ3) is 3.97. The number of rotatable bonds is 4. The lowest BCUT2D eigenvalue weighted by Crippen LogP contribution is -3.12. The van der Waals surface area contributed by atoms with Gasteiger partial charge in [-0.05, 0) is 43.3 Å². The zero-order valence-electron chi connectivity index (χ0n) is 13.0. The summed E-state index contributed by atoms with van der Waals surface area (Å²) in [5.74, 6) is 2.05. The van der Waals surface area contributed by atoms with Crippen molar-refractivity contribution >= 4 is 22.1 Å². The monoisotopic (exact) mass is 346 g/mol. The molecule has 0 spiro atoms. The number of hydrogen-bond donors (Lipinski definition) is 1. The van der Waals surface area contributed by atoms with Crippen LogP contribution in [0.2, 0.25) is 0 Å². The van der Waals surface area contributed by atoms with Crippen LogP contribution in [0.1, 0.15) is 32.1 Å². The molecule has 6 nitrogen and oxygen atoms in total. The third-order valence-corrected chi connectivity index (χ3v) is 6.92. The molecule has 8 heteroatoms. The molecule has 0 aromatic carbocycles. The molecule has 0 bridgehead atoms. The number of aromatic nitrogens is 2. The summed E-state index contributed by atoms with van der Waals surface area (Å²) in [6.45, 7) is 5.34. The van der Waals surface area contributed by atoms with Crippen LogP contribution in [0, 0.1) is 16.7 Å². The summed E-state index contributed by atoms with van der Waals surface area (Å²) in [5, 5.41) is 4.46. The van der Waals surface area contributed by atoms with E-state index in [9.17, 15) is 8.42 Å². The smallest absolute Gasteiger partial charge is 0.291 e. The zero-order valence-corrected chi connectivity index (χ0v) is 14.6. The van der Waals surface area contributed by atoms with Gasteiger partial charge in [-0.1, -0.05) is 6.92 Å². The van der Waals surface area contributed by atoms with E-state index in [1.54, 1.807) is 4.68 Å². The van der Waals surface area contributed by atoms with Gasteiger partial charge in [0.1, 0.15) is 0 Å². The first-order valence-corrected chi connectivity index (χ1v) is 10.2. The molecule has 1 aromatic heterocycles. The van der Waals surface area contributed by atoms with Crippen molar-refractivity contribution < 1.29 is 17.7 Å². The van der Waals surface area contributed by atoms with Gasteiger partial charge in [0.2, 0.25) is 5.89 Å². The maximum atomic E-state index is 11.5. The molecule has 1 atom stereocenters. The van der Waals surface area contributed by atoms with Crippen molar-refractivity contribution in [2.24, 2.45) is 11.8 Å². The molecular weight excluding hydrogens is 322 g/mol. The minimum absolute atomic E-state index is 0.120. The molecular formula is C14H24N3O3S2+. The van der Waals surface area contributed by atoms with E-state index in [1.807, 2.05) is 0 Å². The largest absolute Gasteiger partial charge is 0.414 e. The highest BCUT2D eigenvalue weighted by atomic mass is 32.2. The molecule has 0 amide bonds. The van der Waals surface area contributed by atoms with Crippen LogP contribution in [0.15, 0.2) is 4.42 Å². The molecule has 3 heterocycles. The fourth-order valence-electron chi connectivity index (χ4n) is 3.35. The highest BCUT2D eigenvalue weighted by molar-refractivity contribution is 7.91. The number of quaternary nitrogens is 1. The summed E-state index contributed by atoms with van der Waals surface area (Å²) in [6, 6.07) is 0. The zero-order chi connectivity index (χ0) is 15.7. The van der Waals surface area contributed by atoms with E-state index in [0.29, 0.717) is 23.6 Å². The second-order valence-electron chi connectivity index (χ2n) is 6.83. The van der Waals surface area contributed by atoms with E-state index < -0.39 is 9.84 Å². The molecule has 3 rings (SSSR count). The number of nitrogens with one attached hydrogen (secondary N) is 1. The minimum Gasteiger partial charge on any atom is -0.414 e. The molecule has 0 radical (unpaired) electrons. The molecule has 1 aromatic rings. The lowest BCUT2D eigenvalue weighted by Gasteiger charge is -2.26. The van der Waals surface area contributed by atoms with Gasteiger partial charge < -0.3 is 9.32 Å². The van der Waals surface area contributed by atoms with Crippen LogP contribution < -0.4 is 4.90 Å². The van der Waals surface area contributed by atoms with Crippen LogP contribution in [0.3, 0.4) is 0 Å². The van der Waals surface area contributed by atoms with Gasteiger partial charge in [-0.15, -0.1) is 5.10 Å². The van der Waals surface area contributed by atoms with Crippen LogP contribution in [-0.2, 0) is 22.9 Å². The van der Waals surface area contributed by atoms with E-state index in [1.165, 1.54) is 17.7 Å². The second kappa shape index (κ2) is 6.41. The molecule has 124 valence electrons. The number of hydrogen-bond acceptors (Lipinski definition) is 5. The van der Waals surface area contributed by atoms with Gasteiger partial charge in [-0.25, -0.2) is 8.42 Å². The van der Waals surface area contributed by atoms with Gasteiger partial charge in [0.15, 0.2) is 16.5 Å². The topological polar surface area (TPSA) is 69.5 Å². The first-order chi connectivity index (χ1) is 10.4. The van der Waals surface area contributed by atoms with E-state index in [4.69, 9.17) is 16.6 Å². The van der Waals surface area contributed by atoms with E-state index >= 15 is 0 Å². The molecule has 2 fully saturated rings. The molecule has 0 unspecified atom stereocenters. The first kappa shape index (κ1) is 16.1. The van der Waals surface area contributed by atoms with Crippen molar-refractivity contribution in [3.8, 4) is 0 Å². The lowest BCUT2D eigenvalue weighted by atomic mass is 10.00. The Morgan fingerprint density at radius 2 is 2.09 bits per heavy atom. The number of nitrogens with zero attached hydrogens (tertiary/aromatic N) is 2. The summed E-state index contributed by atoms with van der Waals surface area (Å²) < 4.78 is 30.4. The number of sulfone groups is 1. The predicted octanol–water partition coefficient (Wildman–Crippen LogP) is 0.455. The Morgan fingerprint density at radius 1 is 1.36 bits per heavy atom. The summed E-state index contributed by atoms with van der Waals surface area (Å²) >= 11 is 5.25. The van der Waals surface area contributed by atoms with Crippen molar-refractivity contribution in [3.63, 3.8) is 0 Å². The Kier molecular flexibility index (Phi) is 4.70. The highest BCUT2D eigenvalue weighted by Crippen LogP contribution is 2.22. The molecule has 22 heavy (non-hydrogen) atoms. The average molecular weight is 346 g/mol. The molecule has 2 aliphatic heterocycles. The first-order valence-electron chi connectivity index (χ1n) is 8.02. The van der Waals surface area contributed by atoms with Gasteiger partial charge in [-0.3, -0.25) is 0 Å². The number of likely N-dealkylation sites (tertiary alicyclic amines) is 1. The fraction of sp³-hybridized carbons (Fsp3) is 0.857. The highest BCUT2D eigenvalue weighted by Gasteiger charge is 2.29. The SMILES string of the molecule is CC1CC[NH+](Cn2nc(C[C@@H]3CCS(=O)(=O)C3)oc2=S)CC1. The van der Waals surface area contributed by atoms with Crippen LogP contribution in [-0.4, -0.2) is 42.8 Å². The molecule has 0 aliphatic carbocycles. The van der Waals surface area contributed by atoms with E-state index in [-0.39, 0.29) is 17.4 Å². The molecule has 1 N–H and O–H groups in total. The summed E-state index contributed by atoms with van der Waals surface area (Å²) in [5.41, 5.74) is 0. The van der Waals surface area contributed by atoms with Gasteiger partial charge in [0, 0.05) is 6.42 Å². The van der Waals surface area contributed by atoms with Gasteiger partial charge in [-0.2, -0.15) is 4.68 Å². The maximum absolute atomic E-state index is 11.5. The van der Waals surface area contributed by atoms with Gasteiger partial charge in [0.25, 0.3) is 4.84 Å². The lowest BCUT2D eigenvalue weighted by molar-refractivity contribution is -0.929. The van der Waals surface area contributed by atoms with Gasteiger partial charge in [0.05, 0.1) is 24.6 Å². The van der Waals surface area contributed by atoms with Crippen molar-refractivity contribution in [2.75, 3.05) is 24.6 Å². The molecule has 2 aliphatic rings. The quantitative estimate of drug-likeness (QED) is 0.802. The third-order valence-electron chi connectivity index (χ3n) is 4.79. The second-order valence-corrected chi connectivity index (χ2v) is 9.40. The standard InChI is InChI=1S/C14H23N3O3S2/c1-11-2-5-16(6-3-11)10-17-14(21)20-13(15-17)8-12-4-7-22(18,19)9-12/h11-12H,2-10H2,1H3/p+1/t12-/m0/s1. The maximum Gasteiger partial charge on any atom is 0.291 e. The van der Waals surface area contributed by atoms with Crippen LogP contribution >= 0.6 is 12.2 Å². The Labute approximate surface area is 136 Å². The summed E-state index contributed by atoms with van der Waals surface area (Å²) in [7, 11) is -2.85. The Hall–Kier alpha value is -0.730. The average Bonchev–Trinajstić information content (AvgIpc) is 2.96. The van der Waals surface area contributed by atoms with Crippen molar-refractivity contribution in [1.29, 1.82) is 0 Å². The van der Waals surface area contributed by atoms with Crippen molar-refractivity contribution in [2.45, 2.75) is 39.3 Å². The van der Waals surface area contributed by atoms with Gasteiger partial charge >= 0.3 is 0 Å². The Bertz CT molecular complexity index is 672. The fourth-order valence-corrected chi connectivity index (χ4v) is 5.42. The molecule has 0 saturated carbocycles. The van der Waals surface area contributed by atoms with Crippen LogP contribution in [0.25, 0.3) is 0 Å². The summed E-state index contributed by atoms with van der Waals surface area (Å²) in [6.07, 6.45) is 3.76. The number of piperidine rings is 1. The molecule has 2 saturated heterocycles.